The molecule has 29 heavy (non-hydrogen) atoms. The molecule has 1 aromatic carbocycles. The summed E-state index contributed by atoms with van der Waals surface area (Å²) in [4.78, 5) is 23.6. The highest BCUT2D eigenvalue weighted by molar-refractivity contribution is 8.00. The van der Waals surface area contributed by atoms with Gasteiger partial charge < -0.3 is 19.9 Å². The Morgan fingerprint density at radius 3 is 2.41 bits per heavy atom. The van der Waals surface area contributed by atoms with E-state index < -0.39 is 12.8 Å². The molecule has 0 saturated heterocycles. The highest BCUT2D eigenvalue weighted by atomic mass is 32.2. The fraction of sp³-hybridized carbons (Fsp3) is 0.389. The van der Waals surface area contributed by atoms with Gasteiger partial charge in [-0.3, -0.25) is 9.59 Å². The first-order valence-electron chi connectivity index (χ1n) is 8.51. The number of benzene rings is 1. The molecule has 0 bridgehead atoms. The summed E-state index contributed by atoms with van der Waals surface area (Å²) < 4.78 is 45.5. The minimum atomic E-state index is -4.35. The highest BCUT2D eigenvalue weighted by Gasteiger charge is 2.27. The minimum absolute atomic E-state index is 0.0892. The van der Waals surface area contributed by atoms with Gasteiger partial charge in [0, 0.05) is 12.6 Å². The number of halogens is 3. The number of carbonyl (C=O) groups excluding carboxylic acids is 2. The average Bonchev–Trinajstić information content (AvgIpc) is 3.04. The van der Waals surface area contributed by atoms with Crippen molar-refractivity contribution in [2.24, 2.45) is 0 Å². The molecule has 2 N–H and O–H groups in total. The Kier molecular flexibility index (Phi) is 8.52. The molecule has 0 atom stereocenters. The van der Waals surface area contributed by atoms with Gasteiger partial charge in [-0.25, -0.2) is 0 Å². The lowest BCUT2D eigenvalue weighted by molar-refractivity contribution is -0.176. The molecule has 0 saturated carbocycles. The number of aromatic nitrogens is 1. The van der Waals surface area contributed by atoms with Crippen molar-refractivity contribution in [1.29, 1.82) is 0 Å². The predicted octanol–water partition coefficient (Wildman–Crippen LogP) is 3.05. The third kappa shape index (κ3) is 9.48. The summed E-state index contributed by atoms with van der Waals surface area (Å²) in [6.07, 6.45) is -4.35. The predicted molar refractivity (Wildman–Crippen MR) is 101 cm³/mol. The number of alkyl halides is 3. The van der Waals surface area contributed by atoms with Gasteiger partial charge in [0.25, 0.3) is 0 Å². The van der Waals surface area contributed by atoms with Crippen molar-refractivity contribution in [3.8, 4) is 0 Å². The van der Waals surface area contributed by atoms with E-state index in [1.165, 1.54) is 0 Å². The number of thioether (sulfide) groups is 1. The normalized spacial score (nSPS) is 11.3. The van der Waals surface area contributed by atoms with Crippen molar-refractivity contribution in [3.63, 3.8) is 0 Å². The Bertz CT molecular complexity index is 809. The molecule has 11 heteroatoms. The molecule has 0 aliphatic heterocycles. The van der Waals surface area contributed by atoms with Crippen molar-refractivity contribution in [2.45, 2.75) is 26.3 Å². The first-order chi connectivity index (χ1) is 13.7. The molecule has 0 aliphatic rings. The van der Waals surface area contributed by atoms with E-state index in [0.717, 1.165) is 17.3 Å². The third-order valence-electron chi connectivity index (χ3n) is 3.41. The number of amides is 2. The van der Waals surface area contributed by atoms with Gasteiger partial charge in [-0.1, -0.05) is 29.4 Å². The van der Waals surface area contributed by atoms with E-state index in [0.29, 0.717) is 17.1 Å². The molecule has 0 spiro atoms. The van der Waals surface area contributed by atoms with Gasteiger partial charge in [0.2, 0.25) is 11.8 Å². The molecule has 7 nitrogen and oxygen atoms in total. The smallest absolute Gasteiger partial charge is 0.367 e. The number of carbonyl (C=O) groups is 2. The number of hydrogen-bond acceptors (Lipinski definition) is 6. The number of hydrogen-bond donors (Lipinski definition) is 2. The summed E-state index contributed by atoms with van der Waals surface area (Å²) in [5.41, 5.74) is 1.40. The van der Waals surface area contributed by atoms with Gasteiger partial charge in [-0.15, -0.1) is 11.8 Å². The lowest BCUT2D eigenvalue weighted by atomic mass is 10.1. The maximum atomic E-state index is 12.0. The summed E-state index contributed by atoms with van der Waals surface area (Å²) in [5.74, 6) is 0.566. The number of anilines is 1. The van der Waals surface area contributed by atoms with Gasteiger partial charge in [0.05, 0.1) is 18.1 Å². The van der Waals surface area contributed by atoms with Crippen LogP contribution in [0.4, 0.5) is 19.0 Å². The van der Waals surface area contributed by atoms with Crippen LogP contribution in [0.1, 0.15) is 16.9 Å². The minimum Gasteiger partial charge on any atom is -0.367 e. The largest absolute Gasteiger partial charge is 0.411 e. The number of aryl methyl sites for hydroxylation is 1. The fourth-order valence-electron chi connectivity index (χ4n) is 2.13. The van der Waals surface area contributed by atoms with E-state index in [1.54, 1.807) is 37.3 Å². The van der Waals surface area contributed by atoms with Gasteiger partial charge in [0.15, 0.2) is 5.82 Å². The third-order valence-corrected chi connectivity index (χ3v) is 4.34. The van der Waals surface area contributed by atoms with Crippen LogP contribution >= 0.6 is 11.8 Å². The van der Waals surface area contributed by atoms with E-state index in [-0.39, 0.29) is 36.5 Å². The van der Waals surface area contributed by atoms with Crippen molar-refractivity contribution in [1.82, 2.24) is 10.5 Å². The zero-order valence-corrected chi connectivity index (χ0v) is 16.4. The first kappa shape index (κ1) is 22.8. The zero-order chi connectivity index (χ0) is 21.3. The van der Waals surface area contributed by atoms with Crippen molar-refractivity contribution in [3.05, 3.63) is 47.2 Å². The average molecular weight is 431 g/mol. The fourth-order valence-corrected chi connectivity index (χ4v) is 2.78. The molecule has 1 aromatic heterocycles. The van der Waals surface area contributed by atoms with Crippen molar-refractivity contribution < 1.29 is 32.0 Å². The molecule has 0 radical (unpaired) electrons. The van der Waals surface area contributed by atoms with Crippen LogP contribution < -0.4 is 10.6 Å². The van der Waals surface area contributed by atoms with E-state index in [9.17, 15) is 22.8 Å². The maximum absolute atomic E-state index is 12.0. The molecule has 1 heterocycles. The second-order valence-electron chi connectivity index (χ2n) is 6.06. The number of rotatable bonds is 10. The monoisotopic (exact) mass is 431 g/mol. The van der Waals surface area contributed by atoms with Gasteiger partial charge in [-0.05, 0) is 18.1 Å². The van der Waals surface area contributed by atoms with Crippen LogP contribution in [-0.2, 0) is 27.5 Å². The molecule has 158 valence electrons. The van der Waals surface area contributed by atoms with E-state index in [4.69, 9.17) is 4.52 Å². The maximum Gasteiger partial charge on any atom is 0.411 e. The SMILES string of the molecule is Cc1cc(NC(=O)CSCC(=O)NCc2ccc(COCC(F)(F)F)cc2)no1. The van der Waals surface area contributed by atoms with Crippen LogP contribution in [0, 0.1) is 6.92 Å². The van der Waals surface area contributed by atoms with Gasteiger partial charge in [0.1, 0.15) is 12.4 Å². The highest BCUT2D eigenvalue weighted by Crippen LogP contribution is 2.16. The van der Waals surface area contributed by atoms with E-state index >= 15 is 0 Å². The lowest BCUT2D eigenvalue weighted by Gasteiger charge is -2.09. The van der Waals surface area contributed by atoms with Crippen LogP contribution in [0.5, 0.6) is 0 Å². The molecule has 0 fully saturated rings. The van der Waals surface area contributed by atoms with Crippen LogP contribution in [0.25, 0.3) is 0 Å². The lowest BCUT2D eigenvalue weighted by Crippen LogP contribution is -2.25. The number of nitrogens with zero attached hydrogens (tertiary/aromatic N) is 1. The number of nitrogens with one attached hydrogen (secondary N) is 2. The van der Waals surface area contributed by atoms with Crippen molar-refractivity contribution in [2.75, 3.05) is 23.4 Å². The molecular formula is C18H20F3N3O4S. The summed E-state index contributed by atoms with van der Waals surface area (Å²) in [7, 11) is 0. The van der Waals surface area contributed by atoms with Crippen LogP contribution in [0.3, 0.4) is 0 Å². The molecule has 2 amide bonds. The second kappa shape index (κ2) is 10.9. The summed E-state index contributed by atoms with van der Waals surface area (Å²) in [6, 6.07) is 8.27. The summed E-state index contributed by atoms with van der Waals surface area (Å²) in [6.45, 7) is 0.544. The Labute approximate surface area is 169 Å². The van der Waals surface area contributed by atoms with Crippen LogP contribution in [-0.4, -0.2) is 41.3 Å². The quantitative estimate of drug-likeness (QED) is 0.601. The van der Waals surface area contributed by atoms with Crippen molar-refractivity contribution >= 4 is 29.4 Å². The Hall–Kier alpha value is -2.53. The molecular weight excluding hydrogens is 411 g/mol. The van der Waals surface area contributed by atoms with Crippen LogP contribution in [0.15, 0.2) is 34.9 Å². The summed E-state index contributed by atoms with van der Waals surface area (Å²) in [5, 5.41) is 8.90. The zero-order valence-electron chi connectivity index (χ0n) is 15.5. The Morgan fingerprint density at radius 2 is 1.79 bits per heavy atom. The van der Waals surface area contributed by atoms with E-state index in [1.807, 2.05) is 0 Å². The van der Waals surface area contributed by atoms with Gasteiger partial charge in [-0.2, -0.15) is 13.2 Å². The topological polar surface area (TPSA) is 93.5 Å². The molecule has 0 aliphatic carbocycles. The number of ether oxygens (including phenoxy) is 1. The van der Waals surface area contributed by atoms with Crippen LogP contribution in [0.2, 0.25) is 0 Å². The van der Waals surface area contributed by atoms with Gasteiger partial charge >= 0.3 is 6.18 Å². The standard InChI is InChI=1S/C18H20F3N3O4S/c1-12-6-15(24-28-12)23-17(26)10-29-9-16(25)22-7-13-2-4-14(5-3-13)8-27-11-18(19,20)21/h2-6H,7-11H2,1H3,(H,22,25)(H,23,24,26). The molecule has 2 rings (SSSR count). The second-order valence-corrected chi connectivity index (χ2v) is 7.05. The molecule has 0 unspecified atom stereocenters. The van der Waals surface area contributed by atoms with E-state index in [2.05, 4.69) is 20.5 Å². The Balaban J connectivity index is 1.61. The molecule has 2 aromatic rings. The Morgan fingerprint density at radius 1 is 1.14 bits per heavy atom. The summed E-state index contributed by atoms with van der Waals surface area (Å²) >= 11 is 1.15. The first-order valence-corrected chi connectivity index (χ1v) is 9.66.